The molecule has 0 bridgehead atoms. The predicted molar refractivity (Wildman–Crippen MR) is 232 cm³/mol. The van der Waals surface area contributed by atoms with Gasteiger partial charge in [-0.3, -0.25) is 0 Å². The van der Waals surface area contributed by atoms with Gasteiger partial charge in [0, 0.05) is 0 Å². The molecule has 6 aromatic carbocycles. The van der Waals surface area contributed by atoms with Crippen LogP contribution in [-0.4, -0.2) is 3.26 Å². The van der Waals surface area contributed by atoms with Gasteiger partial charge >= 0.3 is 148 Å². The van der Waals surface area contributed by atoms with Crippen molar-refractivity contribution in [2.45, 2.75) is 117 Å². The van der Waals surface area contributed by atoms with Crippen molar-refractivity contribution < 1.29 is 44.9 Å². The first-order chi connectivity index (χ1) is 26.4. The topological polar surface area (TPSA) is 0 Å². The van der Waals surface area contributed by atoms with Crippen LogP contribution in [0.5, 0.6) is 0 Å². The van der Waals surface area contributed by atoms with Gasteiger partial charge in [-0.2, -0.15) is 18.2 Å². The molecular weight excluding hydrogens is 952 g/mol. The molecule has 0 aliphatic heterocycles. The normalized spacial score (nSPS) is 12.8. The molecule has 0 aliphatic carbocycles. The third-order valence-corrected chi connectivity index (χ3v) is 16.5. The van der Waals surface area contributed by atoms with Crippen LogP contribution in [0.2, 0.25) is 0 Å². The largest absolute Gasteiger partial charge is 0.214 e. The third kappa shape index (κ3) is 11.8. The molecule has 0 nitrogen and oxygen atoms in total. The standard InChI is InChI=1S/C29H41.C15H8F6.C5H5.2ClH.Hf/c1-26(2,3)22-14-18-13-19-15-23(27(4,5)6)25(29(10,11)12)17-21(19)20(18)16-24(22)28(7,8)9;16-14(17,18)12-5-1-10(2-6-12)9-11-3-7-13(8-4-11)15(19,20)21;1-2-4-5-3-1;;;/h13-17H,1-12H3;1-8H;1-5H;2*1H;/q-1;;-1;;;+2/p-2. The maximum absolute atomic E-state index is 12.6. The Balaban J connectivity index is 0.000000232. The van der Waals surface area contributed by atoms with E-state index in [-0.39, 0.29) is 21.7 Å². The summed E-state index contributed by atoms with van der Waals surface area (Å²) in [7, 11) is 12.1. The van der Waals surface area contributed by atoms with Gasteiger partial charge in [-0.1, -0.05) is 117 Å². The monoisotopic (exact) mass is 1010 g/mol. The Labute approximate surface area is 355 Å². The molecule has 0 unspecified atom stereocenters. The van der Waals surface area contributed by atoms with Gasteiger partial charge in [0.05, 0.1) is 0 Å². The van der Waals surface area contributed by atoms with Crippen molar-refractivity contribution >= 4 is 42.0 Å². The number of halogens is 8. The number of hydrogen-bond donors (Lipinski definition) is 0. The van der Waals surface area contributed by atoms with Crippen LogP contribution in [0.25, 0.3) is 21.5 Å². The quantitative estimate of drug-likeness (QED) is 0.0921. The van der Waals surface area contributed by atoms with E-state index in [0.29, 0.717) is 14.4 Å². The van der Waals surface area contributed by atoms with Crippen molar-refractivity contribution in [2.24, 2.45) is 0 Å². The van der Waals surface area contributed by atoms with Gasteiger partial charge in [-0.25, -0.2) is 12.1 Å². The molecule has 0 aliphatic rings. The molecule has 0 heterocycles. The van der Waals surface area contributed by atoms with E-state index >= 15 is 0 Å². The second-order valence-corrected chi connectivity index (χ2v) is 30.3. The van der Waals surface area contributed by atoms with Crippen LogP contribution in [-0.2, 0) is 52.6 Å². The number of benzene rings is 4. The second-order valence-electron chi connectivity index (χ2n) is 18.9. The Morgan fingerprint density at radius 3 is 0.983 bits per heavy atom. The number of hydrogen-bond acceptors (Lipinski definition) is 0. The molecule has 312 valence electrons. The van der Waals surface area contributed by atoms with Gasteiger partial charge in [-0.15, -0.1) is 39.7 Å². The maximum Gasteiger partial charge on any atom is -0.172 e. The smallest absolute Gasteiger partial charge is 0.172 e. The van der Waals surface area contributed by atoms with E-state index < -0.39 is 42.1 Å². The van der Waals surface area contributed by atoms with Crippen LogP contribution in [0, 0.1) is 0 Å². The zero-order valence-corrected chi connectivity index (χ0v) is 40.5. The fourth-order valence-electron chi connectivity index (χ4n) is 6.95. The van der Waals surface area contributed by atoms with Crippen molar-refractivity contribution in [3.63, 3.8) is 0 Å². The minimum absolute atomic E-state index is 0.124. The summed E-state index contributed by atoms with van der Waals surface area (Å²) in [4.78, 5) is 0. The van der Waals surface area contributed by atoms with Crippen molar-refractivity contribution in [2.75, 3.05) is 0 Å². The Morgan fingerprint density at radius 1 is 0.466 bits per heavy atom. The Hall–Kier alpha value is -3.00. The molecule has 0 saturated heterocycles. The average molecular weight is 1010 g/mol. The Bertz CT molecular complexity index is 2160. The molecule has 0 aromatic heterocycles. The van der Waals surface area contributed by atoms with Gasteiger partial charge in [-0.05, 0) is 21.7 Å². The zero-order valence-electron chi connectivity index (χ0n) is 35.4. The van der Waals surface area contributed by atoms with Gasteiger partial charge in [0.15, 0.2) is 0 Å². The number of rotatable bonds is 2. The van der Waals surface area contributed by atoms with E-state index in [2.05, 4.69) is 113 Å². The molecule has 6 aromatic rings. The molecule has 0 radical (unpaired) electrons. The summed E-state index contributed by atoms with van der Waals surface area (Å²) in [6.07, 6.45) is -8.95. The molecule has 6 rings (SSSR count). The first-order valence-electron chi connectivity index (χ1n) is 19.2. The van der Waals surface area contributed by atoms with Crippen LogP contribution in [0.3, 0.4) is 0 Å². The molecule has 9 heteroatoms. The molecular formula is C49H54Cl2F6Hf-2. The summed E-state index contributed by atoms with van der Waals surface area (Å²) >= 11 is -3.32. The minimum Gasteiger partial charge on any atom is -0.214 e. The van der Waals surface area contributed by atoms with Gasteiger partial charge < -0.3 is 0 Å². The van der Waals surface area contributed by atoms with Crippen LogP contribution in [0.15, 0.2) is 109 Å². The van der Waals surface area contributed by atoms with E-state index in [0.717, 1.165) is 24.3 Å². The minimum atomic E-state index is -4.47. The van der Waals surface area contributed by atoms with Crippen molar-refractivity contribution in [3.05, 3.63) is 154 Å². The van der Waals surface area contributed by atoms with E-state index in [4.69, 9.17) is 17.2 Å². The summed E-state index contributed by atoms with van der Waals surface area (Å²) < 4.78 is 76.1. The summed E-state index contributed by atoms with van der Waals surface area (Å²) in [6.45, 7) is 28.0. The average Bonchev–Trinajstić information content (AvgIpc) is 3.77. The first kappa shape index (κ1) is 47.7. The Morgan fingerprint density at radius 2 is 0.759 bits per heavy atom. The molecule has 0 amide bonds. The van der Waals surface area contributed by atoms with E-state index in [1.54, 1.807) is 0 Å². The van der Waals surface area contributed by atoms with Crippen molar-refractivity contribution in [1.29, 1.82) is 0 Å². The second kappa shape index (κ2) is 17.5. The predicted octanol–water partition coefficient (Wildman–Crippen LogP) is 16.5. The van der Waals surface area contributed by atoms with E-state index in [1.807, 2.05) is 30.3 Å². The summed E-state index contributed by atoms with van der Waals surface area (Å²) in [6, 6.07) is 30.8. The molecule has 0 fully saturated rings. The molecule has 0 N–H and O–H groups in total. The molecule has 0 saturated carbocycles. The van der Waals surface area contributed by atoms with Gasteiger partial charge in [0.2, 0.25) is 0 Å². The SMILES string of the molecule is CC(C)(C)c1cc2[cH-]c3cc(C(C)(C)C)c(C(C)(C)C)cc3c2cc1C(C)(C)C.FC(F)(F)c1ccc([C](c2ccc(C(F)(F)F)cc2)=[Hf]([Cl])[Cl])cc1.c1cc[cH-]c1. The van der Waals surface area contributed by atoms with E-state index in [1.165, 1.54) is 68.1 Å². The third-order valence-electron chi connectivity index (χ3n) is 9.96. The van der Waals surface area contributed by atoms with Gasteiger partial charge in [0.1, 0.15) is 0 Å². The first-order valence-corrected chi connectivity index (χ1v) is 29.9. The van der Waals surface area contributed by atoms with Crippen LogP contribution in [0.1, 0.15) is 128 Å². The van der Waals surface area contributed by atoms with E-state index in [9.17, 15) is 26.3 Å². The zero-order chi connectivity index (χ0) is 43.8. The van der Waals surface area contributed by atoms with Gasteiger partial charge in [0.25, 0.3) is 0 Å². The molecule has 58 heavy (non-hydrogen) atoms. The maximum atomic E-state index is 12.6. The fourth-order valence-corrected chi connectivity index (χ4v) is 13.3. The van der Waals surface area contributed by atoms with Crippen LogP contribution < -0.4 is 0 Å². The van der Waals surface area contributed by atoms with Crippen LogP contribution >= 0.6 is 17.2 Å². The number of fused-ring (bicyclic) bond motifs is 3. The molecule has 0 atom stereocenters. The fraction of sp³-hybridized carbons (Fsp3) is 0.367. The number of alkyl halides is 6. The summed E-state index contributed by atoms with van der Waals surface area (Å²) in [5.74, 6) is 0. The van der Waals surface area contributed by atoms with Crippen molar-refractivity contribution in [3.8, 4) is 0 Å². The summed E-state index contributed by atoms with van der Waals surface area (Å²) in [5, 5.41) is 5.57. The van der Waals surface area contributed by atoms with Crippen LogP contribution in [0.4, 0.5) is 26.3 Å². The molecule has 0 spiro atoms. The van der Waals surface area contributed by atoms with Crippen molar-refractivity contribution in [1.82, 2.24) is 0 Å². The summed E-state index contributed by atoms with van der Waals surface area (Å²) in [5.41, 5.74) is 5.52. The Kier molecular flexibility index (Phi) is 14.4.